The molecule has 0 aromatic carbocycles. The molecule has 0 aromatic rings. The minimum Gasteiger partial charge on any atom is -0.394 e. The van der Waals surface area contributed by atoms with Crippen molar-refractivity contribution in [2.45, 2.75) is 75.8 Å². The second kappa shape index (κ2) is 6.33. The monoisotopic (exact) mass is 280 g/mol. The number of aliphatic hydroxyl groups is 1. The van der Waals surface area contributed by atoms with E-state index >= 15 is 0 Å². The third-order valence-electron chi connectivity index (χ3n) is 6.43. The van der Waals surface area contributed by atoms with Crippen LogP contribution in [0.15, 0.2) is 0 Å². The lowest BCUT2D eigenvalue weighted by Crippen LogP contribution is -2.50. The van der Waals surface area contributed by atoms with Gasteiger partial charge in [0.2, 0.25) is 0 Å². The largest absolute Gasteiger partial charge is 0.394 e. The number of nitrogens with zero attached hydrogens (tertiary/aromatic N) is 1. The standard InChI is InChI=1S/C17H32N2O/c18-17(13-20)10-3-7-15(17)9-12-19-11-4-6-14-5-1-2-8-16(14)19/h14-16,20H,1-13,18H2/t14-,15?,16-,17?/m1/s1. The van der Waals surface area contributed by atoms with Gasteiger partial charge in [0.05, 0.1) is 6.61 Å². The lowest BCUT2D eigenvalue weighted by Gasteiger charge is -2.45. The summed E-state index contributed by atoms with van der Waals surface area (Å²) in [6, 6.07) is 0.861. The molecule has 0 radical (unpaired) electrons. The van der Waals surface area contributed by atoms with E-state index in [1.165, 1.54) is 70.9 Å². The molecule has 0 spiro atoms. The van der Waals surface area contributed by atoms with E-state index in [2.05, 4.69) is 4.90 Å². The molecule has 3 N–H and O–H groups in total. The first-order valence-electron chi connectivity index (χ1n) is 8.87. The third-order valence-corrected chi connectivity index (χ3v) is 6.43. The molecule has 1 heterocycles. The number of piperidine rings is 1. The Labute approximate surface area is 123 Å². The van der Waals surface area contributed by atoms with Crippen molar-refractivity contribution >= 4 is 0 Å². The summed E-state index contributed by atoms with van der Waals surface area (Å²) in [5.41, 5.74) is 6.11. The zero-order valence-corrected chi connectivity index (χ0v) is 12.9. The molecule has 3 rings (SSSR count). The maximum Gasteiger partial charge on any atom is 0.0613 e. The number of hydrogen-bond donors (Lipinski definition) is 2. The van der Waals surface area contributed by atoms with Gasteiger partial charge in [-0.15, -0.1) is 0 Å². The summed E-state index contributed by atoms with van der Waals surface area (Å²) in [7, 11) is 0. The summed E-state index contributed by atoms with van der Waals surface area (Å²) in [6.45, 7) is 2.68. The minimum atomic E-state index is -0.276. The van der Waals surface area contributed by atoms with Crippen molar-refractivity contribution in [1.82, 2.24) is 4.90 Å². The van der Waals surface area contributed by atoms with Crippen LogP contribution < -0.4 is 5.73 Å². The summed E-state index contributed by atoms with van der Waals surface area (Å²) >= 11 is 0. The van der Waals surface area contributed by atoms with E-state index in [9.17, 15) is 5.11 Å². The molecule has 0 aromatic heterocycles. The van der Waals surface area contributed by atoms with E-state index < -0.39 is 0 Å². The summed E-state index contributed by atoms with van der Waals surface area (Å²) in [6.07, 6.45) is 13.2. The Kier molecular flexibility index (Phi) is 4.68. The molecule has 2 unspecified atom stereocenters. The zero-order valence-electron chi connectivity index (χ0n) is 12.9. The van der Waals surface area contributed by atoms with Crippen molar-refractivity contribution in [3.05, 3.63) is 0 Å². The van der Waals surface area contributed by atoms with Crippen molar-refractivity contribution < 1.29 is 5.11 Å². The van der Waals surface area contributed by atoms with Gasteiger partial charge in [0, 0.05) is 11.6 Å². The molecule has 20 heavy (non-hydrogen) atoms. The maximum atomic E-state index is 9.58. The highest BCUT2D eigenvalue weighted by molar-refractivity contribution is 4.97. The number of hydrogen-bond acceptors (Lipinski definition) is 3. The van der Waals surface area contributed by atoms with E-state index in [1.54, 1.807) is 0 Å². The highest BCUT2D eigenvalue weighted by Gasteiger charge is 2.39. The predicted molar refractivity (Wildman–Crippen MR) is 82.5 cm³/mol. The average Bonchev–Trinajstić information content (AvgIpc) is 2.87. The molecule has 0 bridgehead atoms. The van der Waals surface area contributed by atoms with Gasteiger partial charge < -0.3 is 15.7 Å². The minimum absolute atomic E-state index is 0.170. The molecule has 2 saturated carbocycles. The maximum absolute atomic E-state index is 9.58. The average molecular weight is 280 g/mol. The van der Waals surface area contributed by atoms with Crippen LogP contribution in [0, 0.1) is 11.8 Å². The second-order valence-electron chi connectivity index (χ2n) is 7.56. The highest BCUT2D eigenvalue weighted by Crippen LogP contribution is 2.38. The van der Waals surface area contributed by atoms with Gasteiger partial charge in [0.25, 0.3) is 0 Å². The van der Waals surface area contributed by atoms with Gasteiger partial charge in [0.15, 0.2) is 0 Å². The van der Waals surface area contributed by atoms with Crippen LogP contribution in [-0.4, -0.2) is 41.3 Å². The molecule has 3 aliphatic rings. The van der Waals surface area contributed by atoms with Crippen molar-refractivity contribution in [2.24, 2.45) is 17.6 Å². The lowest BCUT2D eigenvalue weighted by molar-refractivity contribution is 0.0507. The quantitative estimate of drug-likeness (QED) is 0.832. The van der Waals surface area contributed by atoms with Crippen LogP contribution in [0.3, 0.4) is 0 Å². The molecule has 4 atom stereocenters. The van der Waals surface area contributed by atoms with E-state index in [0.29, 0.717) is 5.92 Å². The van der Waals surface area contributed by atoms with Gasteiger partial charge in [-0.3, -0.25) is 0 Å². The normalized spacial score (nSPS) is 42.6. The Balaban J connectivity index is 1.54. The van der Waals surface area contributed by atoms with Gasteiger partial charge in [-0.2, -0.15) is 0 Å². The van der Waals surface area contributed by atoms with Gasteiger partial charge in [0.1, 0.15) is 0 Å². The Hall–Kier alpha value is -0.120. The van der Waals surface area contributed by atoms with E-state index in [0.717, 1.165) is 18.4 Å². The first-order valence-corrected chi connectivity index (χ1v) is 8.87. The van der Waals surface area contributed by atoms with Crippen LogP contribution in [0.1, 0.15) is 64.2 Å². The molecule has 3 nitrogen and oxygen atoms in total. The number of likely N-dealkylation sites (tertiary alicyclic amines) is 1. The van der Waals surface area contributed by atoms with Gasteiger partial charge in [-0.1, -0.05) is 19.3 Å². The predicted octanol–water partition coefficient (Wildman–Crippen LogP) is 2.52. The molecular formula is C17H32N2O. The Bertz CT molecular complexity index is 320. The molecule has 2 aliphatic carbocycles. The fourth-order valence-corrected chi connectivity index (χ4v) is 5.14. The third kappa shape index (κ3) is 2.90. The number of nitrogens with two attached hydrogens (primary N) is 1. The van der Waals surface area contributed by atoms with Crippen molar-refractivity contribution in [1.29, 1.82) is 0 Å². The molecule has 3 heteroatoms. The molecule has 0 amide bonds. The fraction of sp³-hybridized carbons (Fsp3) is 1.00. The topological polar surface area (TPSA) is 49.5 Å². The summed E-state index contributed by atoms with van der Waals surface area (Å²) in [4.78, 5) is 2.77. The van der Waals surface area contributed by atoms with Gasteiger partial charge in [-0.05, 0) is 69.9 Å². The van der Waals surface area contributed by atoms with E-state index in [1.807, 2.05) is 0 Å². The Morgan fingerprint density at radius 2 is 1.85 bits per heavy atom. The molecule has 1 aliphatic heterocycles. The second-order valence-corrected chi connectivity index (χ2v) is 7.56. The fourth-order valence-electron chi connectivity index (χ4n) is 5.14. The van der Waals surface area contributed by atoms with Gasteiger partial charge in [-0.25, -0.2) is 0 Å². The number of fused-ring (bicyclic) bond motifs is 1. The Morgan fingerprint density at radius 1 is 1.05 bits per heavy atom. The van der Waals surface area contributed by atoms with Crippen LogP contribution in [0.25, 0.3) is 0 Å². The smallest absolute Gasteiger partial charge is 0.0613 e. The summed E-state index contributed by atoms with van der Waals surface area (Å²) in [5, 5.41) is 9.58. The van der Waals surface area contributed by atoms with Crippen molar-refractivity contribution in [3.8, 4) is 0 Å². The lowest BCUT2D eigenvalue weighted by atomic mass is 9.78. The molecule has 1 saturated heterocycles. The van der Waals surface area contributed by atoms with Crippen LogP contribution in [0.2, 0.25) is 0 Å². The molecular weight excluding hydrogens is 248 g/mol. The highest BCUT2D eigenvalue weighted by atomic mass is 16.3. The number of rotatable bonds is 4. The molecule has 3 fully saturated rings. The van der Waals surface area contributed by atoms with Crippen molar-refractivity contribution in [2.75, 3.05) is 19.7 Å². The van der Waals surface area contributed by atoms with Gasteiger partial charge >= 0.3 is 0 Å². The summed E-state index contributed by atoms with van der Waals surface area (Å²) in [5.74, 6) is 1.51. The van der Waals surface area contributed by atoms with E-state index in [-0.39, 0.29) is 12.1 Å². The van der Waals surface area contributed by atoms with Crippen LogP contribution in [-0.2, 0) is 0 Å². The SMILES string of the molecule is NC1(CO)CCCC1CCN1CCC[C@H]2CCCC[C@H]21. The first kappa shape index (κ1) is 14.8. The van der Waals surface area contributed by atoms with E-state index in [4.69, 9.17) is 5.73 Å². The number of aliphatic hydroxyl groups excluding tert-OH is 1. The zero-order chi connectivity index (χ0) is 14.0. The first-order chi connectivity index (χ1) is 9.73. The molecule has 116 valence electrons. The van der Waals surface area contributed by atoms with Crippen LogP contribution >= 0.6 is 0 Å². The van der Waals surface area contributed by atoms with Crippen LogP contribution in [0.5, 0.6) is 0 Å². The van der Waals surface area contributed by atoms with Crippen molar-refractivity contribution in [3.63, 3.8) is 0 Å². The summed E-state index contributed by atoms with van der Waals surface area (Å²) < 4.78 is 0. The Morgan fingerprint density at radius 3 is 2.70 bits per heavy atom. The van der Waals surface area contributed by atoms with Crippen LogP contribution in [0.4, 0.5) is 0 Å².